The van der Waals surface area contributed by atoms with E-state index in [0.717, 1.165) is 44.1 Å². The Morgan fingerprint density at radius 3 is 2.28 bits per heavy atom. The molecular weight excluding hydrogens is 448 g/mol. The van der Waals surface area contributed by atoms with E-state index >= 15 is 0 Å². The molecule has 5 heteroatoms. The third kappa shape index (κ3) is 8.18. The summed E-state index contributed by atoms with van der Waals surface area (Å²) in [5.74, 6) is -0.316. The molecule has 0 spiro atoms. The molecule has 2 rings (SSSR count). The quantitative estimate of drug-likeness (QED) is 0.0774. The third-order valence-electron chi connectivity index (χ3n) is 7.62. The maximum absolute atomic E-state index is 13.0. The maximum Gasteiger partial charge on any atom is 0.362 e. The van der Waals surface area contributed by atoms with Crippen molar-refractivity contribution in [3.8, 4) is 0 Å². The van der Waals surface area contributed by atoms with Crippen LogP contribution >= 0.6 is 0 Å². The van der Waals surface area contributed by atoms with Crippen molar-refractivity contribution < 1.29 is 14.7 Å². The Balaban J connectivity index is 1.99. The predicted molar refractivity (Wildman–Crippen MR) is 151 cm³/mol. The van der Waals surface area contributed by atoms with Gasteiger partial charge in [0.05, 0.1) is 6.61 Å². The SMILES string of the molecule is CCCCCCCCCCC(C)COC(=O)C(=NO)C1=NCC(CCC)(CCC)c2c(C)cccc21. The summed E-state index contributed by atoms with van der Waals surface area (Å²) in [6.45, 7) is 11.8. The first-order valence-corrected chi connectivity index (χ1v) is 14.5. The minimum Gasteiger partial charge on any atom is -0.461 e. The molecule has 0 bridgehead atoms. The Bertz CT molecular complexity index is 869. The molecule has 1 aliphatic heterocycles. The van der Waals surface area contributed by atoms with Crippen LogP contribution in [0.5, 0.6) is 0 Å². The zero-order valence-electron chi connectivity index (χ0n) is 23.6. The van der Waals surface area contributed by atoms with Crippen LogP contribution in [0.15, 0.2) is 28.3 Å². The molecule has 1 unspecified atom stereocenters. The fourth-order valence-electron chi connectivity index (χ4n) is 5.84. The monoisotopic (exact) mass is 498 g/mol. The Hall–Kier alpha value is -2.17. The van der Waals surface area contributed by atoms with Crippen LogP contribution in [-0.2, 0) is 14.9 Å². The third-order valence-corrected chi connectivity index (χ3v) is 7.62. The zero-order valence-corrected chi connectivity index (χ0v) is 23.6. The predicted octanol–water partition coefficient (Wildman–Crippen LogP) is 8.18. The lowest BCUT2D eigenvalue weighted by atomic mass is 9.68. The van der Waals surface area contributed by atoms with Crippen molar-refractivity contribution in [2.24, 2.45) is 16.1 Å². The zero-order chi connectivity index (χ0) is 26.4. The first kappa shape index (κ1) is 30.1. The number of rotatable bonds is 17. The number of carbonyl (C=O) groups is 1. The van der Waals surface area contributed by atoms with E-state index in [4.69, 9.17) is 9.73 Å². The minimum atomic E-state index is -0.593. The highest BCUT2D eigenvalue weighted by molar-refractivity contribution is 6.69. The van der Waals surface area contributed by atoms with Gasteiger partial charge in [0.1, 0.15) is 5.71 Å². The number of nitrogens with zero attached hydrogens (tertiary/aromatic N) is 2. The summed E-state index contributed by atoms with van der Waals surface area (Å²) in [6.07, 6.45) is 15.6. The van der Waals surface area contributed by atoms with Crippen molar-refractivity contribution in [1.82, 2.24) is 0 Å². The van der Waals surface area contributed by atoms with E-state index in [1.54, 1.807) is 0 Å². The van der Waals surface area contributed by atoms with Gasteiger partial charge in [0.25, 0.3) is 0 Å². The van der Waals surface area contributed by atoms with Crippen molar-refractivity contribution >= 4 is 17.4 Å². The molecule has 1 aromatic carbocycles. The highest BCUT2D eigenvalue weighted by atomic mass is 16.5. The lowest BCUT2D eigenvalue weighted by Gasteiger charge is -2.39. The average molecular weight is 499 g/mol. The maximum atomic E-state index is 13.0. The minimum absolute atomic E-state index is 0.0390. The molecule has 0 aromatic heterocycles. The number of aliphatic imine (C=N–C) groups is 1. The van der Waals surface area contributed by atoms with E-state index < -0.39 is 5.97 Å². The molecule has 1 N–H and O–H groups in total. The molecule has 0 aliphatic carbocycles. The molecule has 1 heterocycles. The fraction of sp³-hybridized carbons (Fsp3) is 0.710. The molecule has 0 radical (unpaired) electrons. The number of ether oxygens (including phenoxy) is 1. The number of fused-ring (bicyclic) bond motifs is 1. The van der Waals surface area contributed by atoms with Gasteiger partial charge in [-0.1, -0.05) is 115 Å². The number of unbranched alkanes of at least 4 members (excludes halogenated alkanes) is 7. The molecule has 0 amide bonds. The van der Waals surface area contributed by atoms with Crippen molar-refractivity contribution in [3.05, 3.63) is 34.9 Å². The number of hydrogen-bond acceptors (Lipinski definition) is 5. The van der Waals surface area contributed by atoms with E-state index in [2.05, 4.69) is 45.8 Å². The summed E-state index contributed by atoms with van der Waals surface area (Å²) >= 11 is 0. The van der Waals surface area contributed by atoms with Crippen LogP contribution in [0.3, 0.4) is 0 Å². The van der Waals surface area contributed by atoms with E-state index in [1.165, 1.54) is 56.1 Å². The summed E-state index contributed by atoms with van der Waals surface area (Å²) in [4.78, 5) is 17.8. The van der Waals surface area contributed by atoms with Gasteiger partial charge in [-0.2, -0.15) is 0 Å². The second kappa shape index (κ2) is 15.8. The van der Waals surface area contributed by atoms with Crippen molar-refractivity contribution in [2.75, 3.05) is 13.2 Å². The number of esters is 1. The van der Waals surface area contributed by atoms with E-state index in [0.29, 0.717) is 18.9 Å². The molecule has 36 heavy (non-hydrogen) atoms. The summed E-state index contributed by atoms with van der Waals surface area (Å²) in [5.41, 5.74) is 3.69. The Morgan fingerprint density at radius 1 is 1.03 bits per heavy atom. The van der Waals surface area contributed by atoms with Crippen LogP contribution in [0.2, 0.25) is 0 Å². The topological polar surface area (TPSA) is 71.2 Å². The highest BCUT2D eigenvalue weighted by Gasteiger charge is 2.39. The van der Waals surface area contributed by atoms with Gasteiger partial charge < -0.3 is 9.94 Å². The fourth-order valence-corrected chi connectivity index (χ4v) is 5.84. The van der Waals surface area contributed by atoms with Crippen LogP contribution in [0.4, 0.5) is 0 Å². The molecule has 0 saturated carbocycles. The van der Waals surface area contributed by atoms with Crippen LogP contribution in [-0.4, -0.2) is 35.8 Å². The van der Waals surface area contributed by atoms with E-state index in [-0.39, 0.29) is 17.0 Å². The second-order valence-electron chi connectivity index (χ2n) is 10.9. The van der Waals surface area contributed by atoms with Crippen molar-refractivity contribution in [2.45, 2.75) is 124 Å². The van der Waals surface area contributed by atoms with E-state index in [1.807, 2.05) is 12.1 Å². The molecule has 1 aromatic rings. The Morgan fingerprint density at radius 2 is 1.67 bits per heavy atom. The number of hydrogen-bond donors (Lipinski definition) is 1. The lowest BCUT2D eigenvalue weighted by Crippen LogP contribution is -2.40. The molecule has 0 fully saturated rings. The van der Waals surface area contributed by atoms with Gasteiger partial charge in [-0.05, 0) is 43.2 Å². The second-order valence-corrected chi connectivity index (χ2v) is 10.9. The van der Waals surface area contributed by atoms with Gasteiger partial charge in [0, 0.05) is 17.5 Å². The van der Waals surface area contributed by atoms with Gasteiger partial charge in [-0.25, -0.2) is 4.79 Å². The normalized spacial score (nSPS) is 15.8. The molecule has 202 valence electrons. The van der Waals surface area contributed by atoms with Gasteiger partial charge in [0.2, 0.25) is 5.71 Å². The average Bonchev–Trinajstić information content (AvgIpc) is 2.86. The lowest BCUT2D eigenvalue weighted by molar-refractivity contribution is -0.136. The van der Waals surface area contributed by atoms with Crippen LogP contribution in [0.1, 0.15) is 128 Å². The van der Waals surface area contributed by atoms with Crippen LogP contribution in [0, 0.1) is 12.8 Å². The smallest absolute Gasteiger partial charge is 0.362 e. The molecule has 1 atom stereocenters. The first-order valence-electron chi connectivity index (χ1n) is 14.5. The first-order chi connectivity index (χ1) is 17.4. The molecule has 1 aliphatic rings. The van der Waals surface area contributed by atoms with Crippen LogP contribution in [0.25, 0.3) is 0 Å². The standard InChI is InChI=1S/C31H50N2O3/c1-6-9-10-11-12-13-14-15-17-24(4)22-36-30(34)29(33-35)28-26-19-16-18-25(5)27(26)31(20-7-2,21-8-3)23-32-28/h16,18-19,24,35H,6-15,17,20-23H2,1-5H3. The van der Waals surface area contributed by atoms with Crippen molar-refractivity contribution in [1.29, 1.82) is 0 Å². The number of aryl methyl sites for hydroxylation is 1. The molecule has 5 nitrogen and oxygen atoms in total. The number of oxime groups is 1. The highest BCUT2D eigenvalue weighted by Crippen LogP contribution is 2.41. The van der Waals surface area contributed by atoms with Gasteiger partial charge in [-0.3, -0.25) is 4.99 Å². The number of carbonyl (C=O) groups excluding carboxylic acids is 1. The Labute approximate surface area is 219 Å². The summed E-state index contributed by atoms with van der Waals surface area (Å²) in [6, 6.07) is 6.12. The van der Waals surface area contributed by atoms with Crippen LogP contribution < -0.4 is 0 Å². The summed E-state index contributed by atoms with van der Waals surface area (Å²) in [7, 11) is 0. The molecular formula is C31H50N2O3. The largest absolute Gasteiger partial charge is 0.461 e. The summed E-state index contributed by atoms with van der Waals surface area (Å²) < 4.78 is 5.61. The number of benzene rings is 1. The Kier molecular flexibility index (Phi) is 13.2. The van der Waals surface area contributed by atoms with Gasteiger partial charge in [-0.15, -0.1) is 0 Å². The van der Waals surface area contributed by atoms with E-state index in [9.17, 15) is 10.0 Å². The van der Waals surface area contributed by atoms with Gasteiger partial charge >= 0.3 is 5.97 Å². The van der Waals surface area contributed by atoms with Gasteiger partial charge in [0.15, 0.2) is 0 Å². The van der Waals surface area contributed by atoms with Crippen molar-refractivity contribution in [3.63, 3.8) is 0 Å². The summed E-state index contributed by atoms with van der Waals surface area (Å²) in [5, 5.41) is 13.2. The molecule has 0 saturated heterocycles.